The third kappa shape index (κ3) is 3.19. The smallest absolute Gasteiger partial charge is 0.346 e. The van der Waals surface area contributed by atoms with E-state index in [-0.39, 0.29) is 11.9 Å². The van der Waals surface area contributed by atoms with Crippen LogP contribution in [0.15, 0.2) is 18.2 Å². The first-order valence-corrected chi connectivity index (χ1v) is 5.64. The summed E-state index contributed by atoms with van der Waals surface area (Å²) in [5.41, 5.74) is -0.853. The van der Waals surface area contributed by atoms with Crippen LogP contribution in [0.4, 0.5) is 5.69 Å². The van der Waals surface area contributed by atoms with E-state index < -0.39 is 22.1 Å². The van der Waals surface area contributed by atoms with Gasteiger partial charge in [-0.15, -0.1) is 0 Å². The van der Waals surface area contributed by atoms with E-state index in [1.807, 2.05) is 6.92 Å². The molecule has 6 heteroatoms. The Bertz CT molecular complexity index is 458. The van der Waals surface area contributed by atoms with Crippen LogP contribution in [0.25, 0.3) is 0 Å². The van der Waals surface area contributed by atoms with E-state index in [1.54, 1.807) is 6.92 Å². The Hall–Kier alpha value is -2.11. The molecule has 18 heavy (non-hydrogen) atoms. The highest BCUT2D eigenvalue weighted by atomic mass is 16.6. The van der Waals surface area contributed by atoms with Gasteiger partial charge in [0.05, 0.1) is 11.0 Å². The quantitative estimate of drug-likeness (QED) is 0.621. The van der Waals surface area contributed by atoms with Gasteiger partial charge >= 0.3 is 5.97 Å². The number of rotatable bonds is 6. The highest BCUT2D eigenvalue weighted by molar-refractivity contribution is 5.95. The van der Waals surface area contributed by atoms with Crippen molar-refractivity contribution in [2.75, 3.05) is 0 Å². The Morgan fingerprint density at radius 1 is 1.56 bits per heavy atom. The summed E-state index contributed by atoms with van der Waals surface area (Å²) in [4.78, 5) is 21.2. The van der Waals surface area contributed by atoms with Crippen LogP contribution < -0.4 is 4.74 Å². The molecule has 1 aromatic carbocycles. The molecule has 1 atom stereocenters. The fourth-order valence-corrected chi connectivity index (χ4v) is 1.67. The number of nitro benzene ring substituents is 1. The van der Waals surface area contributed by atoms with Crippen molar-refractivity contribution in [2.45, 2.75) is 32.8 Å². The number of nitro groups is 1. The Morgan fingerprint density at radius 2 is 2.22 bits per heavy atom. The molecule has 0 spiro atoms. The van der Waals surface area contributed by atoms with Gasteiger partial charge < -0.3 is 9.84 Å². The van der Waals surface area contributed by atoms with Gasteiger partial charge in [-0.05, 0) is 19.4 Å². The van der Waals surface area contributed by atoms with Crippen LogP contribution in [-0.4, -0.2) is 22.1 Å². The lowest BCUT2D eigenvalue weighted by Gasteiger charge is -2.15. The number of hydrogen-bond acceptors (Lipinski definition) is 4. The first-order chi connectivity index (χ1) is 8.47. The molecular formula is C12H15NO5. The molecule has 1 rings (SSSR count). The molecule has 0 fully saturated rings. The number of aromatic carboxylic acids is 1. The molecule has 1 N–H and O–H groups in total. The molecule has 0 saturated carbocycles. The maximum Gasteiger partial charge on any atom is 0.346 e. The van der Waals surface area contributed by atoms with Crippen molar-refractivity contribution in [3.63, 3.8) is 0 Å². The molecule has 0 amide bonds. The van der Waals surface area contributed by atoms with Gasteiger partial charge in [0.1, 0.15) is 5.75 Å². The summed E-state index contributed by atoms with van der Waals surface area (Å²) in [6.07, 6.45) is 1.45. The molecule has 0 aromatic heterocycles. The minimum atomic E-state index is -1.36. The van der Waals surface area contributed by atoms with Crippen molar-refractivity contribution in [2.24, 2.45) is 0 Å². The van der Waals surface area contributed by atoms with Crippen molar-refractivity contribution in [1.29, 1.82) is 0 Å². The average Bonchev–Trinajstić information content (AvgIpc) is 2.28. The second-order valence-electron chi connectivity index (χ2n) is 3.93. The lowest BCUT2D eigenvalue weighted by Crippen LogP contribution is -2.14. The molecule has 1 unspecified atom stereocenters. The van der Waals surface area contributed by atoms with Crippen molar-refractivity contribution in [3.8, 4) is 5.75 Å². The predicted octanol–water partition coefficient (Wildman–Crippen LogP) is 2.86. The van der Waals surface area contributed by atoms with E-state index in [0.717, 1.165) is 18.9 Å². The number of nitrogens with zero attached hydrogens (tertiary/aromatic N) is 1. The summed E-state index contributed by atoms with van der Waals surface area (Å²) in [5, 5.41) is 19.8. The second-order valence-corrected chi connectivity index (χ2v) is 3.93. The Morgan fingerprint density at radius 3 is 2.72 bits per heavy atom. The van der Waals surface area contributed by atoms with E-state index in [1.165, 1.54) is 12.1 Å². The molecule has 0 aliphatic heterocycles. The van der Waals surface area contributed by atoms with Gasteiger partial charge in [-0.1, -0.05) is 19.4 Å². The molecule has 0 radical (unpaired) electrons. The van der Waals surface area contributed by atoms with Gasteiger partial charge in [0.2, 0.25) is 0 Å². The zero-order chi connectivity index (χ0) is 13.7. The number of benzene rings is 1. The largest absolute Gasteiger partial charge is 0.490 e. The molecule has 6 nitrogen and oxygen atoms in total. The summed E-state index contributed by atoms with van der Waals surface area (Å²) in [6, 6.07) is 4.00. The third-order valence-electron chi connectivity index (χ3n) is 2.44. The highest BCUT2D eigenvalue weighted by Crippen LogP contribution is 2.29. The summed E-state index contributed by atoms with van der Waals surface area (Å²) in [5.74, 6) is -1.32. The van der Waals surface area contributed by atoms with E-state index in [4.69, 9.17) is 9.84 Å². The van der Waals surface area contributed by atoms with Gasteiger partial charge in [-0.3, -0.25) is 10.1 Å². The van der Waals surface area contributed by atoms with Gasteiger partial charge in [0, 0.05) is 6.07 Å². The lowest BCUT2D eigenvalue weighted by molar-refractivity contribution is -0.385. The monoisotopic (exact) mass is 253 g/mol. The van der Waals surface area contributed by atoms with Crippen LogP contribution in [0.2, 0.25) is 0 Å². The highest BCUT2D eigenvalue weighted by Gasteiger charge is 2.25. The molecule has 0 aliphatic carbocycles. The number of hydrogen-bond donors (Lipinski definition) is 1. The average molecular weight is 253 g/mol. The Labute approximate surface area is 104 Å². The van der Waals surface area contributed by atoms with Crippen LogP contribution in [-0.2, 0) is 0 Å². The number of carboxylic acid groups (broad SMARTS) is 1. The standard InChI is InChI=1S/C12H15NO5/c1-3-5-8(2)18-10-7-4-6-9(13(16)17)11(10)12(14)15/h4,6-8H,3,5H2,1-2H3,(H,14,15). The van der Waals surface area contributed by atoms with Crippen LogP contribution in [0.3, 0.4) is 0 Å². The van der Waals surface area contributed by atoms with Crippen LogP contribution >= 0.6 is 0 Å². The van der Waals surface area contributed by atoms with E-state index >= 15 is 0 Å². The minimum Gasteiger partial charge on any atom is -0.490 e. The van der Waals surface area contributed by atoms with Crippen LogP contribution in [0.5, 0.6) is 5.75 Å². The fraction of sp³-hybridized carbons (Fsp3) is 0.417. The third-order valence-corrected chi connectivity index (χ3v) is 2.44. The first-order valence-electron chi connectivity index (χ1n) is 5.64. The van der Waals surface area contributed by atoms with Crippen molar-refractivity contribution >= 4 is 11.7 Å². The lowest BCUT2D eigenvalue weighted by atomic mass is 10.1. The molecule has 0 aliphatic rings. The Balaban J connectivity index is 3.15. The normalized spacial score (nSPS) is 11.9. The zero-order valence-corrected chi connectivity index (χ0v) is 10.3. The summed E-state index contributed by atoms with van der Waals surface area (Å²) in [6.45, 7) is 3.78. The van der Waals surface area contributed by atoms with Crippen molar-refractivity contribution in [3.05, 3.63) is 33.9 Å². The van der Waals surface area contributed by atoms with Crippen LogP contribution in [0.1, 0.15) is 37.0 Å². The molecule has 1 aromatic rings. The fourth-order valence-electron chi connectivity index (χ4n) is 1.67. The molecule has 98 valence electrons. The maximum absolute atomic E-state index is 11.1. The predicted molar refractivity (Wildman–Crippen MR) is 65.1 cm³/mol. The minimum absolute atomic E-state index is 0.0395. The van der Waals surface area contributed by atoms with Crippen molar-refractivity contribution in [1.82, 2.24) is 0 Å². The maximum atomic E-state index is 11.1. The number of ether oxygens (including phenoxy) is 1. The second kappa shape index (κ2) is 6.00. The van der Waals surface area contributed by atoms with Gasteiger partial charge in [-0.25, -0.2) is 4.79 Å². The summed E-state index contributed by atoms with van der Waals surface area (Å²) < 4.78 is 5.45. The first kappa shape index (κ1) is 14.0. The zero-order valence-electron chi connectivity index (χ0n) is 10.3. The van der Waals surface area contributed by atoms with Gasteiger partial charge in [0.25, 0.3) is 5.69 Å². The molecule has 0 heterocycles. The molecular weight excluding hydrogens is 238 g/mol. The number of carbonyl (C=O) groups is 1. The molecule has 0 bridgehead atoms. The summed E-state index contributed by atoms with van der Waals surface area (Å²) >= 11 is 0. The SMILES string of the molecule is CCCC(C)Oc1cccc([N+](=O)[O-])c1C(=O)O. The Kier molecular flexibility index (Phi) is 4.65. The summed E-state index contributed by atoms with van der Waals surface area (Å²) in [7, 11) is 0. The van der Waals surface area contributed by atoms with Crippen molar-refractivity contribution < 1.29 is 19.6 Å². The van der Waals surface area contributed by atoms with Crippen LogP contribution in [0, 0.1) is 10.1 Å². The number of carboxylic acids is 1. The van der Waals surface area contributed by atoms with E-state index in [9.17, 15) is 14.9 Å². The van der Waals surface area contributed by atoms with Gasteiger partial charge in [-0.2, -0.15) is 0 Å². The topological polar surface area (TPSA) is 89.7 Å². The van der Waals surface area contributed by atoms with Gasteiger partial charge in [0.15, 0.2) is 5.56 Å². The van der Waals surface area contributed by atoms with E-state index in [0.29, 0.717) is 0 Å². The van der Waals surface area contributed by atoms with E-state index in [2.05, 4.69) is 0 Å². The molecule has 0 saturated heterocycles.